The highest BCUT2D eigenvalue weighted by Crippen LogP contribution is 2.12. The molecule has 1 aromatic heterocycles. The molecule has 92 valence electrons. The van der Waals surface area contributed by atoms with Crippen LogP contribution in [0.25, 0.3) is 0 Å². The quantitative estimate of drug-likeness (QED) is 0.818. The van der Waals surface area contributed by atoms with Gasteiger partial charge in [0.15, 0.2) is 5.78 Å². The molecule has 3 nitrogen and oxygen atoms in total. The minimum absolute atomic E-state index is 0.0714. The second-order valence-corrected chi connectivity index (χ2v) is 4.94. The Kier molecular flexibility index (Phi) is 3.77. The lowest BCUT2D eigenvalue weighted by atomic mass is 10.1. The van der Waals surface area contributed by atoms with Crippen molar-refractivity contribution in [1.82, 2.24) is 4.57 Å². The number of benzene rings is 1. The SMILES string of the molecule is Cc1cccc(=O)n1CC(=O)c1cccc(Br)c1. The molecule has 0 saturated carbocycles. The summed E-state index contributed by atoms with van der Waals surface area (Å²) in [5.74, 6) is -0.0762. The molecule has 0 fully saturated rings. The number of rotatable bonds is 3. The molecule has 2 aromatic rings. The van der Waals surface area contributed by atoms with Gasteiger partial charge < -0.3 is 4.57 Å². The average molecular weight is 306 g/mol. The Hall–Kier alpha value is -1.68. The van der Waals surface area contributed by atoms with Crippen molar-refractivity contribution in [2.24, 2.45) is 0 Å². The Labute approximate surface area is 113 Å². The normalized spacial score (nSPS) is 10.3. The monoisotopic (exact) mass is 305 g/mol. The number of Topliss-reactive ketones (excluding diaryl/α,β-unsaturated/α-hetero) is 1. The lowest BCUT2D eigenvalue weighted by Crippen LogP contribution is -2.25. The predicted molar refractivity (Wildman–Crippen MR) is 73.9 cm³/mol. The first-order chi connectivity index (χ1) is 8.58. The molecule has 0 aliphatic carbocycles. The minimum atomic E-state index is -0.154. The zero-order valence-corrected chi connectivity index (χ0v) is 11.5. The zero-order valence-electron chi connectivity index (χ0n) is 9.89. The Morgan fingerprint density at radius 3 is 2.61 bits per heavy atom. The first-order valence-corrected chi connectivity index (χ1v) is 6.32. The number of hydrogen-bond donors (Lipinski definition) is 0. The smallest absolute Gasteiger partial charge is 0.251 e. The molecule has 2 rings (SSSR count). The van der Waals surface area contributed by atoms with Gasteiger partial charge >= 0.3 is 0 Å². The highest BCUT2D eigenvalue weighted by molar-refractivity contribution is 9.10. The number of aryl methyl sites for hydroxylation is 1. The Balaban J connectivity index is 2.30. The molecule has 4 heteroatoms. The maximum atomic E-state index is 12.1. The minimum Gasteiger partial charge on any atom is -0.305 e. The fourth-order valence-electron chi connectivity index (χ4n) is 1.72. The van der Waals surface area contributed by atoms with Crippen molar-refractivity contribution in [1.29, 1.82) is 0 Å². The van der Waals surface area contributed by atoms with Crippen molar-refractivity contribution < 1.29 is 4.79 Å². The van der Waals surface area contributed by atoms with Crippen LogP contribution in [0.4, 0.5) is 0 Å². The van der Waals surface area contributed by atoms with E-state index in [-0.39, 0.29) is 17.9 Å². The summed E-state index contributed by atoms with van der Waals surface area (Å²) in [4.78, 5) is 23.8. The molecule has 0 unspecified atom stereocenters. The van der Waals surface area contributed by atoms with E-state index in [1.807, 2.05) is 19.1 Å². The van der Waals surface area contributed by atoms with Crippen molar-refractivity contribution in [2.75, 3.05) is 0 Å². The van der Waals surface area contributed by atoms with Gasteiger partial charge in [0.25, 0.3) is 5.56 Å². The molecule has 18 heavy (non-hydrogen) atoms. The molecule has 0 atom stereocenters. The van der Waals surface area contributed by atoms with Crippen molar-refractivity contribution in [3.05, 3.63) is 68.5 Å². The summed E-state index contributed by atoms with van der Waals surface area (Å²) in [6.07, 6.45) is 0. The standard InChI is InChI=1S/C14H12BrNO2/c1-10-4-2-7-14(18)16(10)9-13(17)11-5-3-6-12(15)8-11/h2-8H,9H2,1H3. The third-order valence-electron chi connectivity index (χ3n) is 2.72. The van der Waals surface area contributed by atoms with Crippen LogP contribution in [0.15, 0.2) is 51.7 Å². The second kappa shape index (κ2) is 5.31. The van der Waals surface area contributed by atoms with Crippen LogP contribution < -0.4 is 5.56 Å². The lowest BCUT2D eigenvalue weighted by Gasteiger charge is -2.08. The molecule has 0 bridgehead atoms. The van der Waals surface area contributed by atoms with Gasteiger partial charge in [-0.1, -0.05) is 34.1 Å². The third-order valence-corrected chi connectivity index (χ3v) is 3.21. The van der Waals surface area contributed by atoms with Crippen LogP contribution in [0.5, 0.6) is 0 Å². The fourth-order valence-corrected chi connectivity index (χ4v) is 2.12. The van der Waals surface area contributed by atoms with Crippen LogP contribution in [-0.2, 0) is 6.54 Å². The van der Waals surface area contributed by atoms with Crippen LogP contribution in [-0.4, -0.2) is 10.4 Å². The van der Waals surface area contributed by atoms with E-state index in [4.69, 9.17) is 0 Å². The predicted octanol–water partition coefficient (Wildman–Crippen LogP) is 2.80. The van der Waals surface area contributed by atoms with Gasteiger partial charge in [0.1, 0.15) is 0 Å². The van der Waals surface area contributed by atoms with Crippen molar-refractivity contribution in [3.63, 3.8) is 0 Å². The number of pyridine rings is 1. The Bertz CT molecular complexity index is 646. The summed E-state index contributed by atoms with van der Waals surface area (Å²) in [5, 5.41) is 0. The van der Waals surface area contributed by atoms with Crippen LogP contribution in [0, 0.1) is 6.92 Å². The summed E-state index contributed by atoms with van der Waals surface area (Å²) in [6.45, 7) is 1.89. The molecule has 0 radical (unpaired) electrons. The summed E-state index contributed by atoms with van der Waals surface area (Å²) in [5.41, 5.74) is 1.23. The number of nitrogens with zero attached hydrogens (tertiary/aromatic N) is 1. The van der Waals surface area contributed by atoms with Gasteiger partial charge in [-0.2, -0.15) is 0 Å². The van der Waals surface area contributed by atoms with E-state index in [0.29, 0.717) is 5.56 Å². The Morgan fingerprint density at radius 1 is 1.22 bits per heavy atom. The molecule has 0 spiro atoms. The van der Waals surface area contributed by atoms with Crippen LogP contribution >= 0.6 is 15.9 Å². The highest BCUT2D eigenvalue weighted by atomic mass is 79.9. The number of ketones is 1. The van der Waals surface area contributed by atoms with Gasteiger partial charge in [-0.25, -0.2) is 0 Å². The molecule has 0 amide bonds. The maximum Gasteiger partial charge on any atom is 0.251 e. The average Bonchev–Trinajstić information content (AvgIpc) is 2.34. The van der Waals surface area contributed by atoms with Crippen molar-refractivity contribution in [2.45, 2.75) is 13.5 Å². The van der Waals surface area contributed by atoms with Gasteiger partial charge in [-0.15, -0.1) is 0 Å². The zero-order chi connectivity index (χ0) is 13.1. The largest absolute Gasteiger partial charge is 0.305 e. The van der Waals surface area contributed by atoms with Crippen LogP contribution in [0.3, 0.4) is 0 Å². The number of carbonyl (C=O) groups is 1. The summed E-state index contributed by atoms with van der Waals surface area (Å²) < 4.78 is 2.33. The van der Waals surface area contributed by atoms with Crippen LogP contribution in [0.1, 0.15) is 16.1 Å². The fraction of sp³-hybridized carbons (Fsp3) is 0.143. The molecular weight excluding hydrogens is 294 g/mol. The first-order valence-electron chi connectivity index (χ1n) is 5.53. The Morgan fingerprint density at radius 2 is 1.94 bits per heavy atom. The summed E-state index contributed by atoms with van der Waals surface area (Å²) in [7, 11) is 0. The number of aromatic nitrogens is 1. The molecule has 0 saturated heterocycles. The van der Waals surface area contributed by atoms with Gasteiger partial charge in [-0.3, -0.25) is 9.59 Å². The van der Waals surface area contributed by atoms with Crippen LogP contribution in [0.2, 0.25) is 0 Å². The van der Waals surface area contributed by atoms with E-state index in [0.717, 1.165) is 10.2 Å². The van der Waals surface area contributed by atoms with E-state index in [1.54, 1.807) is 24.3 Å². The van der Waals surface area contributed by atoms with Gasteiger partial charge in [0.2, 0.25) is 0 Å². The number of halogens is 1. The molecular formula is C14H12BrNO2. The molecule has 0 N–H and O–H groups in total. The summed E-state index contributed by atoms with van der Waals surface area (Å²) in [6, 6.07) is 12.1. The van der Waals surface area contributed by atoms with Crippen molar-refractivity contribution in [3.8, 4) is 0 Å². The highest BCUT2D eigenvalue weighted by Gasteiger charge is 2.09. The first kappa shape index (κ1) is 12.8. The molecule has 1 aromatic carbocycles. The van der Waals surface area contributed by atoms with E-state index >= 15 is 0 Å². The lowest BCUT2D eigenvalue weighted by molar-refractivity contribution is 0.0970. The summed E-state index contributed by atoms with van der Waals surface area (Å²) >= 11 is 3.32. The van der Waals surface area contributed by atoms with Gasteiger partial charge in [0, 0.05) is 21.8 Å². The van der Waals surface area contributed by atoms with Crippen molar-refractivity contribution >= 4 is 21.7 Å². The van der Waals surface area contributed by atoms with E-state index in [1.165, 1.54) is 10.6 Å². The van der Waals surface area contributed by atoms with E-state index < -0.39 is 0 Å². The number of hydrogen-bond acceptors (Lipinski definition) is 2. The van der Waals surface area contributed by atoms with Gasteiger partial charge in [-0.05, 0) is 25.1 Å². The number of carbonyl (C=O) groups excluding carboxylic acids is 1. The third kappa shape index (κ3) is 2.76. The van der Waals surface area contributed by atoms with Gasteiger partial charge in [0.05, 0.1) is 6.54 Å². The second-order valence-electron chi connectivity index (χ2n) is 4.03. The topological polar surface area (TPSA) is 39.1 Å². The molecule has 1 heterocycles. The maximum absolute atomic E-state index is 12.1. The molecule has 0 aliphatic rings. The van der Waals surface area contributed by atoms with E-state index in [2.05, 4.69) is 15.9 Å². The van der Waals surface area contributed by atoms with E-state index in [9.17, 15) is 9.59 Å². The molecule has 0 aliphatic heterocycles.